The van der Waals surface area contributed by atoms with Gasteiger partial charge >= 0.3 is 5.97 Å². The van der Waals surface area contributed by atoms with Crippen LogP contribution in [0.5, 0.6) is 0 Å². The number of esters is 1. The van der Waals surface area contributed by atoms with E-state index in [1.54, 1.807) is 0 Å². The molecular weight excluding hydrogens is 202 g/mol. The molecule has 0 saturated heterocycles. The molecule has 16 heavy (non-hydrogen) atoms. The van der Waals surface area contributed by atoms with Gasteiger partial charge in [-0.3, -0.25) is 4.79 Å². The Bertz CT molecular complexity index is 198. The first-order valence-corrected chi connectivity index (χ1v) is 6.70. The van der Waals surface area contributed by atoms with Gasteiger partial charge in [-0.05, 0) is 32.1 Å². The van der Waals surface area contributed by atoms with Crippen LogP contribution in [0.1, 0.15) is 64.7 Å². The summed E-state index contributed by atoms with van der Waals surface area (Å²) in [5.74, 6) is -0.194. The largest absolute Gasteiger partial charge is 0.461 e. The molecule has 1 unspecified atom stereocenters. The summed E-state index contributed by atoms with van der Waals surface area (Å²) in [7, 11) is 0. The van der Waals surface area contributed by atoms with Crippen LogP contribution in [-0.2, 0) is 9.53 Å². The van der Waals surface area contributed by atoms with E-state index in [1.807, 2.05) is 0 Å². The highest BCUT2D eigenvalue weighted by Crippen LogP contribution is 2.20. The van der Waals surface area contributed by atoms with E-state index in [0.717, 1.165) is 32.1 Å². The SMILES string of the molecule is CCCCC(N)C(=O)OC1CCCCCC1. The van der Waals surface area contributed by atoms with Gasteiger partial charge < -0.3 is 10.5 Å². The molecule has 0 heterocycles. The Hall–Kier alpha value is -0.570. The van der Waals surface area contributed by atoms with Crippen LogP contribution in [0.15, 0.2) is 0 Å². The minimum Gasteiger partial charge on any atom is -0.461 e. The summed E-state index contributed by atoms with van der Waals surface area (Å²) in [6, 6.07) is -0.414. The number of carbonyl (C=O) groups is 1. The van der Waals surface area contributed by atoms with Crippen molar-refractivity contribution in [2.24, 2.45) is 5.73 Å². The van der Waals surface area contributed by atoms with E-state index < -0.39 is 6.04 Å². The van der Waals surface area contributed by atoms with E-state index in [-0.39, 0.29) is 12.1 Å². The van der Waals surface area contributed by atoms with E-state index in [1.165, 1.54) is 25.7 Å². The first-order valence-electron chi connectivity index (χ1n) is 6.70. The first-order chi connectivity index (χ1) is 7.74. The third-order valence-electron chi connectivity index (χ3n) is 3.26. The monoisotopic (exact) mass is 227 g/mol. The van der Waals surface area contributed by atoms with E-state index in [4.69, 9.17) is 10.5 Å². The number of ether oxygens (including phenoxy) is 1. The number of nitrogens with two attached hydrogens (primary N) is 1. The predicted molar refractivity (Wildman–Crippen MR) is 65.1 cm³/mol. The maximum atomic E-state index is 11.7. The zero-order valence-corrected chi connectivity index (χ0v) is 10.4. The van der Waals surface area contributed by atoms with Crippen molar-refractivity contribution in [2.45, 2.75) is 76.9 Å². The second-order valence-electron chi connectivity index (χ2n) is 4.80. The van der Waals surface area contributed by atoms with Crippen molar-refractivity contribution in [2.75, 3.05) is 0 Å². The summed E-state index contributed by atoms with van der Waals surface area (Å²) < 4.78 is 5.47. The van der Waals surface area contributed by atoms with E-state index in [9.17, 15) is 4.79 Å². The Balaban J connectivity index is 2.25. The van der Waals surface area contributed by atoms with Gasteiger partial charge in [0.15, 0.2) is 0 Å². The molecule has 0 amide bonds. The van der Waals surface area contributed by atoms with Crippen LogP contribution in [0.4, 0.5) is 0 Å². The predicted octanol–water partition coefficient (Wildman–Crippen LogP) is 2.77. The molecule has 1 saturated carbocycles. The fraction of sp³-hybridized carbons (Fsp3) is 0.923. The molecule has 3 heteroatoms. The van der Waals surface area contributed by atoms with E-state index in [0.29, 0.717) is 0 Å². The van der Waals surface area contributed by atoms with Gasteiger partial charge in [-0.2, -0.15) is 0 Å². The third-order valence-corrected chi connectivity index (χ3v) is 3.26. The number of hydrogen-bond donors (Lipinski definition) is 1. The molecule has 0 bridgehead atoms. The van der Waals surface area contributed by atoms with Crippen LogP contribution >= 0.6 is 0 Å². The second-order valence-corrected chi connectivity index (χ2v) is 4.80. The molecule has 1 aliphatic rings. The molecule has 0 aromatic rings. The van der Waals surface area contributed by atoms with Gasteiger partial charge in [0.25, 0.3) is 0 Å². The number of carbonyl (C=O) groups excluding carboxylic acids is 1. The van der Waals surface area contributed by atoms with Crippen molar-refractivity contribution in [1.82, 2.24) is 0 Å². The average molecular weight is 227 g/mol. The van der Waals surface area contributed by atoms with Gasteiger partial charge in [-0.15, -0.1) is 0 Å². The van der Waals surface area contributed by atoms with Crippen LogP contribution in [0, 0.1) is 0 Å². The molecular formula is C13H25NO2. The lowest BCUT2D eigenvalue weighted by molar-refractivity contribution is -0.151. The van der Waals surface area contributed by atoms with Gasteiger partial charge in [0.05, 0.1) is 0 Å². The minimum absolute atomic E-state index is 0.127. The van der Waals surface area contributed by atoms with Crippen molar-refractivity contribution in [3.8, 4) is 0 Å². The molecule has 3 nitrogen and oxygen atoms in total. The zero-order chi connectivity index (χ0) is 11.8. The summed E-state index contributed by atoms with van der Waals surface area (Å²) in [5.41, 5.74) is 5.78. The highest BCUT2D eigenvalue weighted by molar-refractivity contribution is 5.75. The fourth-order valence-corrected chi connectivity index (χ4v) is 2.15. The van der Waals surface area contributed by atoms with Crippen molar-refractivity contribution >= 4 is 5.97 Å². The molecule has 1 atom stereocenters. The summed E-state index contributed by atoms with van der Waals surface area (Å²) in [5, 5.41) is 0. The van der Waals surface area contributed by atoms with Crippen molar-refractivity contribution in [3.63, 3.8) is 0 Å². The Morgan fingerprint density at radius 1 is 1.31 bits per heavy atom. The first kappa shape index (κ1) is 13.5. The molecule has 2 N–H and O–H groups in total. The molecule has 1 fully saturated rings. The van der Waals surface area contributed by atoms with E-state index in [2.05, 4.69) is 6.92 Å². The summed E-state index contributed by atoms with van der Waals surface area (Å²) in [6.45, 7) is 2.10. The molecule has 0 radical (unpaired) electrons. The number of rotatable bonds is 5. The van der Waals surface area contributed by atoms with Crippen molar-refractivity contribution in [1.29, 1.82) is 0 Å². The molecule has 0 spiro atoms. The lowest BCUT2D eigenvalue weighted by Gasteiger charge is -2.18. The average Bonchev–Trinajstić information content (AvgIpc) is 2.54. The maximum Gasteiger partial charge on any atom is 0.323 e. The smallest absolute Gasteiger partial charge is 0.323 e. The van der Waals surface area contributed by atoms with Crippen LogP contribution in [0.3, 0.4) is 0 Å². The van der Waals surface area contributed by atoms with Crippen LogP contribution < -0.4 is 5.73 Å². The van der Waals surface area contributed by atoms with Crippen molar-refractivity contribution < 1.29 is 9.53 Å². The van der Waals surface area contributed by atoms with Crippen LogP contribution in [0.25, 0.3) is 0 Å². The Morgan fingerprint density at radius 2 is 1.94 bits per heavy atom. The van der Waals surface area contributed by atoms with Gasteiger partial charge in [-0.25, -0.2) is 0 Å². The lowest BCUT2D eigenvalue weighted by Crippen LogP contribution is -2.34. The van der Waals surface area contributed by atoms with Gasteiger partial charge in [0, 0.05) is 0 Å². The summed E-state index contributed by atoms with van der Waals surface area (Å²) in [4.78, 5) is 11.7. The Morgan fingerprint density at radius 3 is 2.50 bits per heavy atom. The third kappa shape index (κ3) is 4.97. The summed E-state index contributed by atoms with van der Waals surface area (Å²) >= 11 is 0. The molecule has 1 rings (SSSR count). The van der Waals surface area contributed by atoms with Crippen LogP contribution in [0.2, 0.25) is 0 Å². The number of hydrogen-bond acceptors (Lipinski definition) is 3. The van der Waals surface area contributed by atoms with Gasteiger partial charge in [-0.1, -0.05) is 32.6 Å². The van der Waals surface area contributed by atoms with Gasteiger partial charge in [0.2, 0.25) is 0 Å². The van der Waals surface area contributed by atoms with Crippen LogP contribution in [-0.4, -0.2) is 18.1 Å². The molecule has 1 aliphatic carbocycles. The highest BCUT2D eigenvalue weighted by Gasteiger charge is 2.20. The standard InChI is InChI=1S/C13H25NO2/c1-2-3-10-12(14)13(15)16-11-8-6-4-5-7-9-11/h11-12H,2-10,14H2,1H3. The normalized spacial score (nSPS) is 20.1. The summed E-state index contributed by atoms with van der Waals surface area (Å²) in [6.07, 6.45) is 9.91. The molecule has 0 aromatic carbocycles. The lowest BCUT2D eigenvalue weighted by atomic mass is 10.1. The maximum absolute atomic E-state index is 11.7. The highest BCUT2D eigenvalue weighted by atomic mass is 16.5. The molecule has 94 valence electrons. The topological polar surface area (TPSA) is 52.3 Å². The second kappa shape index (κ2) is 7.66. The van der Waals surface area contributed by atoms with Gasteiger partial charge in [0.1, 0.15) is 12.1 Å². The molecule has 0 aromatic heterocycles. The Labute approximate surface area is 98.7 Å². The number of unbranched alkanes of at least 4 members (excludes halogenated alkanes) is 1. The molecule has 0 aliphatic heterocycles. The Kier molecular flexibility index (Phi) is 6.46. The quantitative estimate of drug-likeness (QED) is 0.580. The van der Waals surface area contributed by atoms with E-state index >= 15 is 0 Å². The fourth-order valence-electron chi connectivity index (χ4n) is 2.15. The van der Waals surface area contributed by atoms with Crippen molar-refractivity contribution in [3.05, 3.63) is 0 Å². The minimum atomic E-state index is -0.414. The zero-order valence-electron chi connectivity index (χ0n) is 10.4.